The van der Waals surface area contributed by atoms with Crippen molar-refractivity contribution in [3.63, 3.8) is 0 Å². The third-order valence-electron chi connectivity index (χ3n) is 8.03. The molecular weight excluding hydrogens is 665 g/mol. The van der Waals surface area contributed by atoms with Crippen LogP contribution in [0.25, 0.3) is 0 Å². The van der Waals surface area contributed by atoms with Crippen molar-refractivity contribution in [2.75, 3.05) is 10.8 Å². The number of rotatable bonds is 12. The van der Waals surface area contributed by atoms with Gasteiger partial charge in [0, 0.05) is 29.1 Å². The quantitative estimate of drug-likeness (QED) is 0.166. The Hall–Kier alpha value is -3.56. The lowest BCUT2D eigenvalue weighted by Crippen LogP contribution is -2.54. The summed E-state index contributed by atoms with van der Waals surface area (Å²) in [5.74, 6) is -0.872. The molecule has 1 atom stereocenters. The molecule has 240 valence electrons. The van der Waals surface area contributed by atoms with E-state index in [0.717, 1.165) is 41.1 Å². The van der Waals surface area contributed by atoms with Crippen molar-refractivity contribution in [1.29, 1.82) is 0 Å². The number of benzene rings is 4. The second-order valence-electron chi connectivity index (χ2n) is 11.3. The molecule has 0 bridgehead atoms. The highest BCUT2D eigenvalue weighted by atomic mass is 35.5. The minimum absolute atomic E-state index is 0.0149. The highest BCUT2D eigenvalue weighted by molar-refractivity contribution is 7.92. The lowest BCUT2D eigenvalue weighted by molar-refractivity contribution is -0.140. The summed E-state index contributed by atoms with van der Waals surface area (Å²) in [7, 11) is -4.28. The van der Waals surface area contributed by atoms with Gasteiger partial charge in [-0.05, 0) is 66.4 Å². The maximum Gasteiger partial charge on any atom is 0.264 e. The molecule has 4 aromatic rings. The van der Waals surface area contributed by atoms with E-state index in [9.17, 15) is 18.0 Å². The van der Waals surface area contributed by atoms with Crippen molar-refractivity contribution in [1.82, 2.24) is 10.2 Å². The number of amides is 2. The summed E-state index contributed by atoms with van der Waals surface area (Å²) in [5, 5.41) is 4.06. The normalized spacial score (nSPS) is 14.1. The van der Waals surface area contributed by atoms with Gasteiger partial charge in [0.2, 0.25) is 11.8 Å². The average Bonchev–Trinajstić information content (AvgIpc) is 3.56. The Kier molecular flexibility index (Phi) is 11.3. The van der Waals surface area contributed by atoms with E-state index in [4.69, 9.17) is 34.8 Å². The molecule has 1 saturated carbocycles. The van der Waals surface area contributed by atoms with Crippen LogP contribution in [-0.2, 0) is 32.6 Å². The van der Waals surface area contributed by atoms with Crippen molar-refractivity contribution < 1.29 is 18.0 Å². The molecule has 1 unspecified atom stereocenters. The predicted octanol–water partition coefficient (Wildman–Crippen LogP) is 7.54. The van der Waals surface area contributed by atoms with E-state index in [-0.39, 0.29) is 40.5 Å². The van der Waals surface area contributed by atoms with Crippen LogP contribution < -0.4 is 9.62 Å². The van der Waals surface area contributed by atoms with Gasteiger partial charge < -0.3 is 10.2 Å². The SMILES string of the molecule is O=C(NC1CCCC1)C(Cc1ccccc1)N(Cc1ccc(Cl)cc1)C(=O)CN(c1ccc(Cl)cc1Cl)S(=O)(=O)c1ccccc1. The number of nitrogens with zero attached hydrogens (tertiary/aromatic N) is 2. The number of carbonyl (C=O) groups is 2. The van der Waals surface area contributed by atoms with Gasteiger partial charge >= 0.3 is 0 Å². The van der Waals surface area contributed by atoms with Gasteiger partial charge in [0.1, 0.15) is 12.6 Å². The Bertz CT molecular complexity index is 1750. The fraction of sp³-hybridized carbons (Fsp3) is 0.257. The zero-order valence-electron chi connectivity index (χ0n) is 25.0. The fourth-order valence-electron chi connectivity index (χ4n) is 5.62. The van der Waals surface area contributed by atoms with Gasteiger partial charge in [0.05, 0.1) is 15.6 Å². The fourth-order valence-corrected chi connectivity index (χ4v) is 7.77. The lowest BCUT2D eigenvalue weighted by Gasteiger charge is -2.34. The molecule has 4 aromatic carbocycles. The second-order valence-corrected chi connectivity index (χ2v) is 14.4. The number of hydrogen-bond donors (Lipinski definition) is 1. The summed E-state index contributed by atoms with van der Waals surface area (Å²) in [5.41, 5.74) is 1.67. The van der Waals surface area contributed by atoms with Gasteiger partial charge in [-0.15, -0.1) is 0 Å². The summed E-state index contributed by atoms with van der Waals surface area (Å²) in [6.07, 6.45) is 4.01. The standard InChI is InChI=1S/C35H34Cl3N3O4S/c36-27-17-15-26(16-18-27)23-40(33(21-25-9-3-1-4-10-25)35(43)39-29-11-7-8-12-29)34(42)24-41(32-20-19-28(37)22-31(32)38)46(44,45)30-13-5-2-6-14-30/h1-6,9-10,13-20,22,29,33H,7-8,11-12,21,23-24H2,(H,39,43). The minimum Gasteiger partial charge on any atom is -0.352 e. The van der Waals surface area contributed by atoms with Crippen LogP contribution in [0.2, 0.25) is 15.1 Å². The smallest absolute Gasteiger partial charge is 0.264 e. The minimum atomic E-state index is -4.28. The van der Waals surface area contributed by atoms with Crippen LogP contribution in [0.15, 0.2) is 108 Å². The van der Waals surface area contributed by atoms with E-state index in [1.165, 1.54) is 35.2 Å². The summed E-state index contributed by atoms with van der Waals surface area (Å²) >= 11 is 18.9. The molecule has 0 aromatic heterocycles. The zero-order chi connectivity index (χ0) is 32.7. The van der Waals surface area contributed by atoms with E-state index in [1.54, 1.807) is 42.5 Å². The average molecular weight is 699 g/mol. The van der Waals surface area contributed by atoms with Gasteiger partial charge in [-0.1, -0.05) is 108 Å². The summed E-state index contributed by atoms with van der Waals surface area (Å²) in [6, 6.07) is 27.7. The predicted molar refractivity (Wildman–Crippen MR) is 184 cm³/mol. The Morgan fingerprint density at radius 1 is 0.783 bits per heavy atom. The van der Waals surface area contributed by atoms with Gasteiger partial charge in [-0.3, -0.25) is 13.9 Å². The van der Waals surface area contributed by atoms with Crippen LogP contribution in [0.5, 0.6) is 0 Å². The van der Waals surface area contributed by atoms with E-state index in [1.807, 2.05) is 30.3 Å². The third kappa shape index (κ3) is 8.42. The number of nitrogens with one attached hydrogen (secondary N) is 1. The molecule has 0 aliphatic heterocycles. The maximum absolute atomic E-state index is 14.6. The van der Waals surface area contributed by atoms with Crippen LogP contribution in [-0.4, -0.2) is 43.8 Å². The summed E-state index contributed by atoms with van der Waals surface area (Å²) in [4.78, 5) is 30.1. The van der Waals surface area contributed by atoms with Gasteiger partial charge in [0.25, 0.3) is 10.0 Å². The van der Waals surface area contributed by atoms with Crippen LogP contribution in [0.1, 0.15) is 36.8 Å². The molecular formula is C35H34Cl3N3O4S. The molecule has 46 heavy (non-hydrogen) atoms. The first-order chi connectivity index (χ1) is 22.1. The summed E-state index contributed by atoms with van der Waals surface area (Å²) in [6.45, 7) is -0.576. The Morgan fingerprint density at radius 3 is 2.02 bits per heavy atom. The van der Waals surface area contributed by atoms with Gasteiger partial charge in [-0.25, -0.2) is 8.42 Å². The Morgan fingerprint density at radius 2 is 1.39 bits per heavy atom. The molecule has 0 spiro atoms. The van der Waals surface area contributed by atoms with E-state index >= 15 is 0 Å². The van der Waals surface area contributed by atoms with Crippen molar-refractivity contribution in [2.45, 2.75) is 55.6 Å². The zero-order valence-corrected chi connectivity index (χ0v) is 28.1. The molecule has 1 fully saturated rings. The van der Waals surface area contributed by atoms with Crippen LogP contribution >= 0.6 is 34.8 Å². The van der Waals surface area contributed by atoms with E-state index in [2.05, 4.69) is 5.32 Å². The van der Waals surface area contributed by atoms with Crippen molar-refractivity contribution in [3.05, 3.63) is 129 Å². The summed E-state index contributed by atoms with van der Waals surface area (Å²) < 4.78 is 29.2. The largest absolute Gasteiger partial charge is 0.352 e. The molecule has 11 heteroatoms. The van der Waals surface area contributed by atoms with E-state index in [0.29, 0.717) is 10.0 Å². The van der Waals surface area contributed by atoms with Crippen LogP contribution in [0.3, 0.4) is 0 Å². The molecule has 1 N–H and O–H groups in total. The lowest BCUT2D eigenvalue weighted by atomic mass is 10.0. The first-order valence-electron chi connectivity index (χ1n) is 15.0. The highest BCUT2D eigenvalue weighted by Gasteiger charge is 2.36. The Balaban J connectivity index is 1.57. The van der Waals surface area contributed by atoms with Gasteiger partial charge in [-0.2, -0.15) is 0 Å². The molecule has 0 radical (unpaired) electrons. The number of halogens is 3. The molecule has 1 aliphatic rings. The third-order valence-corrected chi connectivity index (χ3v) is 10.6. The first kappa shape index (κ1) is 33.8. The molecule has 1 aliphatic carbocycles. The molecule has 7 nitrogen and oxygen atoms in total. The van der Waals surface area contributed by atoms with Crippen molar-refractivity contribution in [2.24, 2.45) is 0 Å². The van der Waals surface area contributed by atoms with Crippen molar-refractivity contribution in [3.8, 4) is 0 Å². The highest BCUT2D eigenvalue weighted by Crippen LogP contribution is 2.33. The molecule has 0 heterocycles. The second kappa shape index (κ2) is 15.4. The molecule has 2 amide bonds. The monoisotopic (exact) mass is 697 g/mol. The maximum atomic E-state index is 14.6. The van der Waals surface area contributed by atoms with Crippen LogP contribution in [0.4, 0.5) is 5.69 Å². The number of anilines is 1. The van der Waals surface area contributed by atoms with Crippen LogP contribution in [0, 0.1) is 0 Å². The number of hydrogen-bond acceptors (Lipinski definition) is 4. The number of sulfonamides is 1. The first-order valence-corrected chi connectivity index (χ1v) is 17.6. The molecule has 5 rings (SSSR count). The van der Waals surface area contributed by atoms with Crippen molar-refractivity contribution >= 4 is 62.3 Å². The molecule has 0 saturated heterocycles. The Labute approximate surface area is 285 Å². The topological polar surface area (TPSA) is 86.8 Å². The number of carbonyl (C=O) groups excluding carboxylic acids is 2. The van der Waals surface area contributed by atoms with E-state index < -0.39 is 28.5 Å². The van der Waals surface area contributed by atoms with Gasteiger partial charge in [0.15, 0.2) is 0 Å².